The number of ether oxygens (including phenoxy) is 2. The molecule has 0 amide bonds. The highest BCUT2D eigenvalue weighted by atomic mass is 35.5. The summed E-state index contributed by atoms with van der Waals surface area (Å²) in [6, 6.07) is 21.6. The molecule has 2 N–H and O–H groups in total. The van der Waals surface area contributed by atoms with E-state index >= 15 is 0 Å². The molecular weight excluding hydrogens is 401 g/mol. The van der Waals surface area contributed by atoms with Gasteiger partial charge in [0.15, 0.2) is 11.5 Å². The number of pyridine rings is 1. The van der Waals surface area contributed by atoms with Crippen LogP contribution in [-0.2, 0) is 0 Å². The number of halogens is 1. The molecule has 0 spiro atoms. The maximum Gasteiger partial charge on any atom is 0.359 e. The molecule has 7 heteroatoms. The van der Waals surface area contributed by atoms with Gasteiger partial charge in [-0.2, -0.15) is 0 Å². The van der Waals surface area contributed by atoms with Crippen molar-refractivity contribution in [3.63, 3.8) is 0 Å². The molecular formula is C23H21BClNO4. The van der Waals surface area contributed by atoms with Crippen LogP contribution in [0, 0.1) is 0 Å². The number of methoxy groups -OCH3 is 2. The molecule has 0 saturated carbocycles. The van der Waals surface area contributed by atoms with Gasteiger partial charge in [0.2, 0.25) is 0 Å². The first-order valence-electron chi connectivity index (χ1n) is 9.21. The number of rotatable bonds is 4. The van der Waals surface area contributed by atoms with Crippen molar-refractivity contribution in [2.45, 2.75) is 0 Å². The first-order valence-corrected chi connectivity index (χ1v) is 9.59. The van der Waals surface area contributed by atoms with Gasteiger partial charge in [0.05, 0.1) is 14.2 Å². The molecule has 0 unspecified atom stereocenters. The van der Waals surface area contributed by atoms with Gasteiger partial charge in [0.25, 0.3) is 0 Å². The van der Waals surface area contributed by atoms with Crippen LogP contribution in [0.25, 0.3) is 10.9 Å². The van der Waals surface area contributed by atoms with Crippen LogP contribution in [0.4, 0.5) is 0 Å². The Balaban J connectivity index is 0.000000196. The van der Waals surface area contributed by atoms with Gasteiger partial charge in [-0.1, -0.05) is 48.0 Å². The Morgan fingerprint density at radius 3 is 2.23 bits per heavy atom. The summed E-state index contributed by atoms with van der Waals surface area (Å²) in [6.45, 7) is -0.751. The number of aromatic hydroxyl groups is 1. The Labute approximate surface area is 180 Å². The lowest BCUT2D eigenvalue weighted by Gasteiger charge is -2.12. The summed E-state index contributed by atoms with van der Waals surface area (Å²) in [7, 11) is 3.14. The Bertz CT molecular complexity index is 1130. The molecule has 5 nitrogen and oxygen atoms in total. The van der Waals surface area contributed by atoms with Gasteiger partial charge in [0, 0.05) is 16.6 Å². The molecule has 0 aliphatic rings. The molecule has 152 valence electrons. The lowest BCUT2D eigenvalue weighted by Crippen LogP contribution is -2.42. The number of aromatic nitrogens is 1. The first-order chi connectivity index (χ1) is 14.5. The molecule has 1 aromatic heterocycles. The third kappa shape index (κ3) is 5.03. The quantitative estimate of drug-likeness (QED) is 0.494. The van der Waals surface area contributed by atoms with Crippen molar-refractivity contribution in [1.29, 1.82) is 0 Å². The molecule has 4 aromatic rings. The van der Waals surface area contributed by atoms with Crippen LogP contribution in [-0.4, -0.2) is 36.2 Å². The van der Waals surface area contributed by atoms with E-state index < -0.39 is 6.92 Å². The van der Waals surface area contributed by atoms with Crippen LogP contribution in [0.5, 0.6) is 17.2 Å². The van der Waals surface area contributed by atoms with Gasteiger partial charge in [-0.05, 0) is 47.3 Å². The zero-order valence-corrected chi connectivity index (χ0v) is 17.4. The summed E-state index contributed by atoms with van der Waals surface area (Å²) in [5, 5.41) is 21.2. The predicted molar refractivity (Wildman–Crippen MR) is 122 cm³/mol. The van der Waals surface area contributed by atoms with Crippen molar-refractivity contribution >= 4 is 40.3 Å². The minimum Gasteiger partial charge on any atom is -0.506 e. The summed E-state index contributed by atoms with van der Waals surface area (Å²) in [5.41, 5.74) is 2.12. The summed E-state index contributed by atoms with van der Waals surface area (Å²) >= 11 is 5.93. The van der Waals surface area contributed by atoms with E-state index in [-0.39, 0.29) is 5.75 Å². The van der Waals surface area contributed by atoms with Crippen LogP contribution in [0.2, 0.25) is 5.02 Å². The second-order valence-corrected chi connectivity index (χ2v) is 6.86. The van der Waals surface area contributed by atoms with Crippen LogP contribution in [0.15, 0.2) is 79.0 Å². The zero-order chi connectivity index (χ0) is 21.5. The van der Waals surface area contributed by atoms with Crippen molar-refractivity contribution in [1.82, 2.24) is 4.98 Å². The number of hydrogen-bond donors (Lipinski definition) is 2. The largest absolute Gasteiger partial charge is 0.506 e. The molecule has 30 heavy (non-hydrogen) atoms. The van der Waals surface area contributed by atoms with Gasteiger partial charge in [0.1, 0.15) is 11.3 Å². The SMILES string of the molecule is COc1ccc(B(O)c2cccc(Cl)c2)cc1OC.Oc1cccc2cccnc12. The number of phenols is 1. The fourth-order valence-electron chi connectivity index (χ4n) is 2.98. The van der Waals surface area contributed by atoms with Gasteiger partial charge in [-0.3, -0.25) is 4.98 Å². The molecule has 0 aliphatic carbocycles. The monoisotopic (exact) mass is 421 g/mol. The average Bonchev–Trinajstić information content (AvgIpc) is 2.79. The Hall–Kier alpha value is -3.22. The number of nitrogens with zero attached hydrogens (tertiary/aromatic N) is 1. The highest BCUT2D eigenvalue weighted by molar-refractivity contribution is 6.79. The molecule has 0 atom stereocenters. The molecule has 0 bridgehead atoms. The highest BCUT2D eigenvalue weighted by Gasteiger charge is 2.19. The van der Waals surface area contributed by atoms with Crippen molar-refractivity contribution in [3.8, 4) is 17.2 Å². The smallest absolute Gasteiger partial charge is 0.359 e. The minimum atomic E-state index is -0.751. The van der Waals surface area contributed by atoms with E-state index in [0.29, 0.717) is 22.0 Å². The third-order valence-electron chi connectivity index (χ3n) is 4.50. The van der Waals surface area contributed by atoms with Crippen LogP contribution in [0.3, 0.4) is 0 Å². The standard InChI is InChI=1S/C14H14BClO3.C9H7NO/c1-18-13-7-6-11(9-14(13)19-2)15(17)10-4-3-5-12(16)8-10;11-8-5-1-3-7-4-2-6-10-9(7)8/h3-9,17H,1-2H3;1-6,11H. The number of phenolic OH excluding ortho intramolecular Hbond substituents is 1. The van der Waals surface area contributed by atoms with E-state index in [1.54, 1.807) is 62.9 Å². The van der Waals surface area contributed by atoms with Gasteiger partial charge < -0.3 is 19.6 Å². The van der Waals surface area contributed by atoms with Crippen molar-refractivity contribution < 1.29 is 19.6 Å². The second-order valence-electron chi connectivity index (χ2n) is 6.42. The Morgan fingerprint density at radius 2 is 1.53 bits per heavy atom. The molecule has 3 aromatic carbocycles. The van der Waals surface area contributed by atoms with Crippen molar-refractivity contribution in [2.24, 2.45) is 0 Å². The van der Waals surface area contributed by atoms with Crippen molar-refractivity contribution in [2.75, 3.05) is 14.2 Å². The highest BCUT2D eigenvalue weighted by Crippen LogP contribution is 2.24. The molecule has 4 rings (SSSR count). The summed E-state index contributed by atoms with van der Waals surface area (Å²) in [4.78, 5) is 4.03. The zero-order valence-electron chi connectivity index (χ0n) is 16.6. The maximum absolute atomic E-state index is 10.3. The Morgan fingerprint density at radius 1 is 0.833 bits per heavy atom. The van der Waals surface area contributed by atoms with Gasteiger partial charge >= 0.3 is 6.92 Å². The molecule has 1 heterocycles. The molecule has 0 fully saturated rings. The third-order valence-corrected chi connectivity index (χ3v) is 4.73. The lowest BCUT2D eigenvalue weighted by molar-refractivity contribution is 0.355. The summed E-state index contributed by atoms with van der Waals surface area (Å²) in [6.07, 6.45) is 1.67. The summed E-state index contributed by atoms with van der Waals surface area (Å²) in [5.74, 6) is 1.45. The number of para-hydroxylation sites is 1. The summed E-state index contributed by atoms with van der Waals surface area (Å²) < 4.78 is 10.4. The number of hydrogen-bond acceptors (Lipinski definition) is 5. The molecule has 0 radical (unpaired) electrons. The van der Waals surface area contributed by atoms with E-state index in [9.17, 15) is 10.1 Å². The van der Waals surface area contributed by atoms with E-state index in [1.807, 2.05) is 30.3 Å². The van der Waals surface area contributed by atoms with E-state index in [0.717, 1.165) is 16.3 Å². The first kappa shape index (κ1) is 21.5. The average molecular weight is 422 g/mol. The topological polar surface area (TPSA) is 71.8 Å². The fourth-order valence-corrected chi connectivity index (χ4v) is 3.18. The van der Waals surface area contributed by atoms with E-state index in [2.05, 4.69) is 4.98 Å². The molecule has 0 saturated heterocycles. The Kier molecular flexibility index (Phi) is 7.17. The maximum atomic E-state index is 10.3. The van der Waals surface area contributed by atoms with Crippen LogP contribution < -0.4 is 20.4 Å². The minimum absolute atomic E-state index is 0.239. The normalized spacial score (nSPS) is 10.1. The predicted octanol–water partition coefficient (Wildman–Crippen LogP) is 3.40. The van der Waals surface area contributed by atoms with E-state index in [4.69, 9.17) is 21.1 Å². The van der Waals surface area contributed by atoms with Gasteiger partial charge in [-0.15, -0.1) is 0 Å². The fraction of sp³-hybridized carbons (Fsp3) is 0.0870. The van der Waals surface area contributed by atoms with Crippen LogP contribution in [0.1, 0.15) is 0 Å². The van der Waals surface area contributed by atoms with E-state index in [1.165, 1.54) is 0 Å². The van der Waals surface area contributed by atoms with Crippen LogP contribution >= 0.6 is 11.6 Å². The number of benzene rings is 3. The lowest BCUT2D eigenvalue weighted by atomic mass is 9.56. The number of fused-ring (bicyclic) bond motifs is 1. The van der Waals surface area contributed by atoms with Gasteiger partial charge in [-0.25, -0.2) is 0 Å². The molecule has 0 aliphatic heterocycles. The van der Waals surface area contributed by atoms with Crippen molar-refractivity contribution in [3.05, 3.63) is 84.0 Å². The second kappa shape index (κ2) is 10.0.